The summed E-state index contributed by atoms with van der Waals surface area (Å²) in [7, 11) is 0. The van der Waals surface area contributed by atoms with E-state index in [1.165, 1.54) is 5.56 Å². The number of aliphatic carboxylic acids is 2. The lowest BCUT2D eigenvalue weighted by Gasteiger charge is -2.13. The molecule has 1 aromatic rings. The molecule has 0 saturated carbocycles. The Hall–Kier alpha value is -2.56. The number of aliphatic hydroxyl groups is 2. The van der Waals surface area contributed by atoms with Gasteiger partial charge in [-0.2, -0.15) is 0 Å². The van der Waals surface area contributed by atoms with E-state index in [-0.39, 0.29) is 10.6 Å². The van der Waals surface area contributed by atoms with Gasteiger partial charge in [-0.15, -0.1) is 0 Å². The summed E-state index contributed by atoms with van der Waals surface area (Å²) >= 11 is 0. The summed E-state index contributed by atoms with van der Waals surface area (Å²) in [5.74, 6) is -3.83. The molecule has 0 bridgehead atoms. The van der Waals surface area contributed by atoms with Gasteiger partial charge in [0.15, 0.2) is 6.10 Å². The number of nitro groups is 1. The number of carboxylic acid groups (broad SMARTS) is 2. The van der Waals surface area contributed by atoms with Crippen molar-refractivity contribution in [1.29, 1.82) is 0 Å². The molecule has 3 atom stereocenters. The second-order valence-electron chi connectivity index (χ2n) is 5.03. The van der Waals surface area contributed by atoms with E-state index >= 15 is 0 Å². The van der Waals surface area contributed by atoms with Gasteiger partial charge in [-0.25, -0.2) is 4.79 Å². The molecule has 126 valence electrons. The fourth-order valence-electron chi connectivity index (χ4n) is 2.07. The second kappa shape index (κ2) is 7.63. The van der Waals surface area contributed by atoms with E-state index in [9.17, 15) is 24.8 Å². The molecule has 0 heterocycles. The highest BCUT2D eigenvalue weighted by molar-refractivity contribution is 5.82. The average molecular weight is 328 g/mol. The third-order valence-electron chi connectivity index (χ3n) is 3.21. The van der Waals surface area contributed by atoms with E-state index in [0.717, 1.165) is 18.4 Å². The minimum atomic E-state index is -2.38. The lowest BCUT2D eigenvalue weighted by Crippen LogP contribution is -2.61. The summed E-state index contributed by atoms with van der Waals surface area (Å²) in [6, 6.07) is 5.47. The third-order valence-corrected chi connectivity index (χ3v) is 3.21. The van der Waals surface area contributed by atoms with Gasteiger partial charge in [0.05, 0.1) is 16.9 Å². The first kappa shape index (κ1) is 18.5. The Morgan fingerprint density at radius 3 is 2.22 bits per heavy atom. The molecule has 1 aromatic carbocycles. The molecule has 0 aromatic heterocycles. The zero-order valence-corrected chi connectivity index (χ0v) is 11.9. The maximum atomic E-state index is 10.5. The second-order valence-corrected chi connectivity index (χ2v) is 5.03. The van der Waals surface area contributed by atoms with Crippen molar-refractivity contribution in [2.24, 2.45) is 0 Å². The molecule has 6 N–H and O–H groups in total. The number of nitrogens with zero attached hydrogens (tertiary/aromatic N) is 1. The molecule has 0 spiro atoms. The zero-order valence-electron chi connectivity index (χ0n) is 11.9. The van der Waals surface area contributed by atoms with Crippen molar-refractivity contribution in [2.75, 3.05) is 0 Å². The first-order valence-electron chi connectivity index (χ1n) is 6.52. The predicted molar refractivity (Wildman–Crippen MR) is 71.8 cm³/mol. The van der Waals surface area contributed by atoms with E-state index in [0.29, 0.717) is 6.04 Å². The smallest absolute Gasteiger partial charge is 0.335 e. The summed E-state index contributed by atoms with van der Waals surface area (Å²) in [5, 5.41) is 44.6. The minimum Gasteiger partial charge on any atom is -0.547 e. The number of carboxylic acids is 2. The Bertz CT molecular complexity index is 600. The Balaban J connectivity index is 0.000000241. The molecular weight excluding hydrogens is 312 g/mol. The molecule has 0 amide bonds. The molecule has 1 aliphatic rings. The molecule has 1 aliphatic carbocycles. The molecule has 1 unspecified atom stereocenters. The molecule has 0 radical (unpaired) electrons. The van der Waals surface area contributed by atoms with Crippen LogP contribution in [0.4, 0.5) is 5.69 Å². The first-order chi connectivity index (χ1) is 10.6. The van der Waals surface area contributed by atoms with Gasteiger partial charge in [0.25, 0.3) is 5.69 Å². The summed E-state index contributed by atoms with van der Waals surface area (Å²) in [6.07, 6.45) is -2.88. The van der Waals surface area contributed by atoms with Crippen LogP contribution in [0.3, 0.4) is 0 Å². The largest absolute Gasteiger partial charge is 0.547 e. The number of quaternary nitrogens is 1. The van der Waals surface area contributed by atoms with E-state index in [1.54, 1.807) is 12.1 Å². The van der Waals surface area contributed by atoms with Gasteiger partial charge in [-0.1, -0.05) is 6.07 Å². The summed E-state index contributed by atoms with van der Waals surface area (Å²) in [5.41, 5.74) is 6.45. The van der Waals surface area contributed by atoms with Gasteiger partial charge >= 0.3 is 5.97 Å². The van der Waals surface area contributed by atoms with Crippen molar-refractivity contribution in [3.8, 4) is 0 Å². The summed E-state index contributed by atoms with van der Waals surface area (Å²) < 4.78 is 0. The number of fused-ring (bicyclic) bond motifs is 1. The van der Waals surface area contributed by atoms with E-state index in [1.807, 2.05) is 6.07 Å². The van der Waals surface area contributed by atoms with Crippen LogP contribution in [0.5, 0.6) is 0 Å². The first-order valence-corrected chi connectivity index (χ1v) is 6.52. The van der Waals surface area contributed by atoms with E-state index in [2.05, 4.69) is 5.73 Å². The number of nitro benzene ring substituents is 1. The predicted octanol–water partition coefficient (Wildman–Crippen LogP) is -3.15. The van der Waals surface area contributed by atoms with Crippen LogP contribution in [0.1, 0.15) is 11.1 Å². The Kier molecular flexibility index (Phi) is 6.13. The van der Waals surface area contributed by atoms with Gasteiger partial charge in [-0.3, -0.25) is 10.1 Å². The monoisotopic (exact) mass is 328 g/mol. The van der Waals surface area contributed by atoms with Crippen molar-refractivity contribution in [1.82, 2.24) is 0 Å². The Morgan fingerprint density at radius 2 is 1.78 bits per heavy atom. The number of carbonyl (C=O) groups is 2. The van der Waals surface area contributed by atoms with Crippen LogP contribution in [0.15, 0.2) is 18.2 Å². The molecule has 2 rings (SSSR count). The number of carbonyl (C=O) groups excluding carboxylic acids is 1. The van der Waals surface area contributed by atoms with Crippen molar-refractivity contribution in [3.05, 3.63) is 39.4 Å². The van der Waals surface area contributed by atoms with E-state index in [4.69, 9.17) is 15.3 Å². The fraction of sp³-hybridized carbons (Fsp3) is 0.385. The molecule has 23 heavy (non-hydrogen) atoms. The molecule has 10 nitrogen and oxygen atoms in total. The molecule has 0 saturated heterocycles. The standard InChI is InChI=1S/C9H10N2O2.C4H6O6/c10-8-3-6-1-2-9(11(12)13)5-7(6)4-8;5-1(3(7)8)2(6)4(9)10/h1-2,5,8H,3-4,10H2;1-2,5-6H,(H,7,8)(H,9,10)/t;1-,2-/m.1/s1. The third kappa shape index (κ3) is 4.98. The Morgan fingerprint density at radius 1 is 1.22 bits per heavy atom. The topological polar surface area (TPSA) is 189 Å². The zero-order chi connectivity index (χ0) is 17.7. The number of non-ortho nitro benzene ring substituents is 1. The van der Waals surface area contributed by atoms with Crippen LogP contribution in [-0.2, 0) is 22.4 Å². The Labute approximate surface area is 129 Å². The van der Waals surface area contributed by atoms with Crippen molar-refractivity contribution >= 4 is 17.6 Å². The van der Waals surface area contributed by atoms with Gasteiger partial charge in [0.1, 0.15) is 6.10 Å². The highest BCUT2D eigenvalue weighted by Crippen LogP contribution is 2.24. The van der Waals surface area contributed by atoms with Crippen molar-refractivity contribution in [3.63, 3.8) is 0 Å². The van der Waals surface area contributed by atoms with Crippen LogP contribution in [0, 0.1) is 10.1 Å². The number of rotatable bonds is 4. The maximum absolute atomic E-state index is 10.5. The van der Waals surface area contributed by atoms with Gasteiger partial charge in [0.2, 0.25) is 0 Å². The van der Waals surface area contributed by atoms with Crippen molar-refractivity contribution in [2.45, 2.75) is 31.1 Å². The van der Waals surface area contributed by atoms with Crippen LogP contribution in [0.2, 0.25) is 0 Å². The van der Waals surface area contributed by atoms with Crippen LogP contribution in [-0.4, -0.2) is 50.4 Å². The molecular formula is C13H16N2O8. The fourth-order valence-corrected chi connectivity index (χ4v) is 2.07. The summed E-state index contributed by atoms with van der Waals surface area (Å²) in [4.78, 5) is 29.5. The lowest BCUT2D eigenvalue weighted by atomic mass is 10.1. The number of aliphatic hydroxyl groups excluding tert-OH is 2. The SMILES string of the molecule is O=C([O-])[C@H](O)[C@@H](O)C(=O)O.[NH3+]C1Cc2ccc([N+](=O)[O-])cc2C1. The highest BCUT2D eigenvalue weighted by atomic mass is 16.6. The number of benzene rings is 1. The quantitative estimate of drug-likeness (QED) is 0.329. The molecule has 10 heteroatoms. The van der Waals surface area contributed by atoms with Crippen molar-refractivity contribution < 1.29 is 40.7 Å². The molecule has 0 fully saturated rings. The van der Waals surface area contributed by atoms with Gasteiger partial charge in [-0.05, 0) is 11.1 Å². The number of hydrogen-bond acceptors (Lipinski definition) is 7. The summed E-state index contributed by atoms with van der Waals surface area (Å²) in [6.45, 7) is 0. The van der Waals surface area contributed by atoms with Crippen LogP contribution >= 0.6 is 0 Å². The molecule has 0 aliphatic heterocycles. The lowest BCUT2D eigenvalue weighted by molar-refractivity contribution is -0.416. The van der Waals surface area contributed by atoms with Crippen LogP contribution in [0.25, 0.3) is 0 Å². The normalized spacial score (nSPS) is 18.1. The number of hydrogen-bond donors (Lipinski definition) is 4. The van der Waals surface area contributed by atoms with Gasteiger partial charge in [0, 0.05) is 25.0 Å². The minimum absolute atomic E-state index is 0.188. The van der Waals surface area contributed by atoms with Crippen LogP contribution < -0.4 is 10.8 Å². The van der Waals surface area contributed by atoms with E-state index < -0.39 is 24.1 Å². The highest BCUT2D eigenvalue weighted by Gasteiger charge is 2.24. The average Bonchev–Trinajstić information content (AvgIpc) is 2.84. The maximum Gasteiger partial charge on any atom is 0.335 e. The van der Waals surface area contributed by atoms with Gasteiger partial charge < -0.3 is 31.0 Å².